The number of nitrogens with zero attached hydrogens (tertiary/aromatic N) is 4. The fourth-order valence-corrected chi connectivity index (χ4v) is 4.42. The zero-order valence-electron chi connectivity index (χ0n) is 16.1. The molecule has 150 valence electrons. The number of aliphatic hydroxyl groups excluding tert-OH is 1. The van der Waals surface area contributed by atoms with Crippen LogP contribution in [0, 0.1) is 11.3 Å². The van der Waals surface area contributed by atoms with Crippen molar-refractivity contribution < 1.29 is 5.11 Å². The SMILES string of the molecule is N#Cc1cc(N(CCCO)c2ccnc(N)n2)cc(-c2cc3ccccc3s2)c1N. The standard InChI is InChI=1S/C22H20N6OS/c23-13-15-10-16(28(8-3-9-29)20-6-7-26-22(25)27-20)12-17(21(15)24)19-11-14-4-1-2-5-18(14)30-19/h1-2,4-7,10-12,29H,3,8-9,24H2,(H2,25,26,27). The van der Waals surface area contributed by atoms with Crippen LogP contribution in [0.3, 0.4) is 0 Å². The zero-order valence-corrected chi connectivity index (χ0v) is 16.9. The molecule has 0 atom stereocenters. The van der Waals surface area contributed by atoms with Crippen LogP contribution in [0.4, 0.5) is 23.1 Å². The Kier molecular flexibility index (Phi) is 5.48. The third-order valence-electron chi connectivity index (χ3n) is 4.76. The van der Waals surface area contributed by atoms with Gasteiger partial charge >= 0.3 is 0 Å². The molecule has 5 N–H and O–H groups in total. The summed E-state index contributed by atoms with van der Waals surface area (Å²) >= 11 is 1.63. The number of nitriles is 1. The Bertz CT molecular complexity index is 1210. The highest BCUT2D eigenvalue weighted by atomic mass is 32.1. The molecular weight excluding hydrogens is 396 g/mol. The van der Waals surface area contributed by atoms with E-state index in [1.165, 1.54) is 0 Å². The average Bonchev–Trinajstić information content (AvgIpc) is 3.19. The smallest absolute Gasteiger partial charge is 0.221 e. The number of hydrogen-bond acceptors (Lipinski definition) is 8. The normalized spacial score (nSPS) is 10.8. The predicted molar refractivity (Wildman–Crippen MR) is 122 cm³/mol. The third kappa shape index (κ3) is 3.76. The first kappa shape index (κ1) is 19.6. The molecule has 0 aliphatic rings. The van der Waals surface area contributed by atoms with E-state index in [1.54, 1.807) is 29.7 Å². The first-order chi connectivity index (χ1) is 14.6. The molecule has 0 bridgehead atoms. The van der Waals surface area contributed by atoms with E-state index in [9.17, 15) is 10.4 Å². The van der Waals surface area contributed by atoms with Gasteiger partial charge in [0.25, 0.3) is 0 Å². The Balaban J connectivity index is 1.88. The number of hydrogen-bond donors (Lipinski definition) is 3. The van der Waals surface area contributed by atoms with Gasteiger partial charge in [-0.25, -0.2) is 4.98 Å². The highest BCUT2D eigenvalue weighted by Crippen LogP contribution is 2.40. The van der Waals surface area contributed by atoms with Crippen molar-refractivity contribution in [3.05, 3.63) is 60.3 Å². The van der Waals surface area contributed by atoms with E-state index in [4.69, 9.17) is 11.5 Å². The van der Waals surface area contributed by atoms with Crippen LogP contribution in [-0.2, 0) is 0 Å². The lowest BCUT2D eigenvalue weighted by molar-refractivity contribution is 0.291. The number of aromatic nitrogens is 2. The van der Waals surface area contributed by atoms with E-state index < -0.39 is 0 Å². The van der Waals surface area contributed by atoms with Crippen molar-refractivity contribution in [1.29, 1.82) is 5.26 Å². The molecule has 0 saturated carbocycles. The Morgan fingerprint density at radius 3 is 2.70 bits per heavy atom. The maximum atomic E-state index is 9.70. The van der Waals surface area contributed by atoms with Gasteiger partial charge in [0.05, 0.1) is 11.3 Å². The minimum Gasteiger partial charge on any atom is -0.397 e. The van der Waals surface area contributed by atoms with Crippen molar-refractivity contribution in [2.45, 2.75) is 6.42 Å². The van der Waals surface area contributed by atoms with Gasteiger partial charge < -0.3 is 21.5 Å². The summed E-state index contributed by atoms with van der Waals surface area (Å²) in [7, 11) is 0. The van der Waals surface area contributed by atoms with E-state index in [0.29, 0.717) is 30.0 Å². The van der Waals surface area contributed by atoms with Gasteiger partial charge in [-0.2, -0.15) is 10.2 Å². The van der Waals surface area contributed by atoms with E-state index in [1.807, 2.05) is 23.1 Å². The van der Waals surface area contributed by atoms with Crippen LogP contribution in [0.5, 0.6) is 0 Å². The van der Waals surface area contributed by atoms with Gasteiger partial charge in [-0.15, -0.1) is 11.3 Å². The quantitative estimate of drug-likeness (QED) is 0.407. The highest BCUT2D eigenvalue weighted by molar-refractivity contribution is 7.22. The van der Waals surface area contributed by atoms with Gasteiger partial charge in [0, 0.05) is 40.2 Å². The zero-order chi connectivity index (χ0) is 21.1. The molecule has 0 saturated heterocycles. The van der Waals surface area contributed by atoms with Crippen LogP contribution in [0.1, 0.15) is 12.0 Å². The predicted octanol–water partition coefficient (Wildman–Crippen LogP) is 3.91. The van der Waals surface area contributed by atoms with Crippen LogP contribution < -0.4 is 16.4 Å². The Morgan fingerprint density at radius 2 is 1.97 bits per heavy atom. The minimum absolute atomic E-state index is 0.0281. The summed E-state index contributed by atoms with van der Waals surface area (Å²) in [6.45, 7) is 0.522. The molecule has 8 heteroatoms. The van der Waals surface area contributed by atoms with Crippen LogP contribution in [0.25, 0.3) is 20.5 Å². The van der Waals surface area contributed by atoms with Crippen molar-refractivity contribution in [3.63, 3.8) is 0 Å². The lowest BCUT2D eigenvalue weighted by atomic mass is 10.0. The molecule has 0 spiro atoms. The van der Waals surface area contributed by atoms with E-state index in [0.717, 1.165) is 26.2 Å². The summed E-state index contributed by atoms with van der Waals surface area (Å²) in [6.07, 6.45) is 2.10. The summed E-state index contributed by atoms with van der Waals surface area (Å²) in [4.78, 5) is 11.2. The number of nitrogen functional groups attached to an aromatic ring is 2. The maximum Gasteiger partial charge on any atom is 0.221 e. The number of aliphatic hydroxyl groups is 1. The molecule has 0 unspecified atom stereocenters. The molecule has 30 heavy (non-hydrogen) atoms. The Hall–Kier alpha value is -3.67. The molecule has 2 aromatic heterocycles. The van der Waals surface area contributed by atoms with Crippen LogP contribution in [0.15, 0.2) is 54.7 Å². The number of fused-ring (bicyclic) bond motifs is 1. The fourth-order valence-electron chi connectivity index (χ4n) is 3.32. The van der Waals surface area contributed by atoms with Crippen LogP contribution >= 0.6 is 11.3 Å². The van der Waals surface area contributed by atoms with Gasteiger partial charge in [0.15, 0.2) is 0 Å². The van der Waals surface area contributed by atoms with Gasteiger partial charge in [-0.05, 0) is 42.1 Å². The second kappa shape index (κ2) is 8.37. The monoisotopic (exact) mass is 416 g/mol. The topological polar surface area (TPSA) is 125 Å². The lowest BCUT2D eigenvalue weighted by Gasteiger charge is -2.25. The maximum absolute atomic E-state index is 9.70. The molecule has 0 aliphatic heterocycles. The molecule has 2 aromatic carbocycles. The fraction of sp³-hybridized carbons (Fsp3) is 0.136. The average molecular weight is 417 g/mol. The van der Waals surface area contributed by atoms with E-state index >= 15 is 0 Å². The van der Waals surface area contributed by atoms with Gasteiger partial charge in [-0.3, -0.25) is 0 Å². The van der Waals surface area contributed by atoms with Gasteiger partial charge in [0.1, 0.15) is 11.9 Å². The summed E-state index contributed by atoms with van der Waals surface area (Å²) in [5.74, 6) is 0.745. The number of thiophene rings is 1. The highest BCUT2D eigenvalue weighted by Gasteiger charge is 2.18. The van der Waals surface area contributed by atoms with Crippen molar-refractivity contribution >= 4 is 44.6 Å². The summed E-state index contributed by atoms with van der Waals surface area (Å²) in [5, 5.41) is 20.2. The summed E-state index contributed by atoms with van der Waals surface area (Å²) in [6, 6.07) is 17.8. The molecule has 4 aromatic rings. The molecule has 4 rings (SSSR count). The first-order valence-electron chi connectivity index (χ1n) is 9.40. The number of anilines is 4. The number of rotatable bonds is 6. The minimum atomic E-state index is 0.0281. The largest absolute Gasteiger partial charge is 0.397 e. The second-order valence-electron chi connectivity index (χ2n) is 6.72. The number of benzene rings is 2. The van der Waals surface area contributed by atoms with Crippen LogP contribution in [-0.4, -0.2) is 28.2 Å². The molecule has 0 amide bonds. The Morgan fingerprint density at radius 1 is 1.13 bits per heavy atom. The molecule has 0 radical (unpaired) electrons. The van der Waals surface area contributed by atoms with Gasteiger partial charge in [0.2, 0.25) is 5.95 Å². The molecule has 2 heterocycles. The molecule has 0 aliphatic carbocycles. The van der Waals surface area contributed by atoms with Gasteiger partial charge in [-0.1, -0.05) is 18.2 Å². The summed E-state index contributed by atoms with van der Waals surface area (Å²) < 4.78 is 1.15. The summed E-state index contributed by atoms with van der Waals surface area (Å²) in [5.41, 5.74) is 14.5. The van der Waals surface area contributed by atoms with E-state index in [-0.39, 0.29) is 12.6 Å². The molecular formula is C22H20N6OS. The number of nitrogens with two attached hydrogens (primary N) is 2. The lowest BCUT2D eigenvalue weighted by Crippen LogP contribution is -2.21. The molecule has 7 nitrogen and oxygen atoms in total. The van der Waals surface area contributed by atoms with Crippen molar-refractivity contribution in [1.82, 2.24) is 9.97 Å². The Labute approximate surface area is 177 Å². The van der Waals surface area contributed by atoms with Crippen molar-refractivity contribution in [2.75, 3.05) is 29.5 Å². The molecule has 0 fully saturated rings. The second-order valence-corrected chi connectivity index (χ2v) is 7.80. The van der Waals surface area contributed by atoms with Crippen molar-refractivity contribution in [2.24, 2.45) is 0 Å². The van der Waals surface area contributed by atoms with Crippen molar-refractivity contribution in [3.8, 4) is 16.5 Å². The first-order valence-corrected chi connectivity index (χ1v) is 10.2. The van der Waals surface area contributed by atoms with Crippen LogP contribution in [0.2, 0.25) is 0 Å². The van der Waals surface area contributed by atoms with E-state index in [2.05, 4.69) is 34.2 Å². The third-order valence-corrected chi connectivity index (χ3v) is 5.91.